The van der Waals surface area contributed by atoms with Gasteiger partial charge in [0.2, 0.25) is 5.88 Å². The predicted octanol–water partition coefficient (Wildman–Crippen LogP) is 3.15. The number of aryl methyl sites for hydroxylation is 1. The van der Waals surface area contributed by atoms with Gasteiger partial charge in [-0.15, -0.1) is 0 Å². The van der Waals surface area contributed by atoms with Crippen LogP contribution < -0.4 is 20.1 Å². The van der Waals surface area contributed by atoms with Gasteiger partial charge in [0.05, 0.1) is 25.0 Å². The van der Waals surface area contributed by atoms with E-state index in [4.69, 9.17) is 21.7 Å². The van der Waals surface area contributed by atoms with Crippen molar-refractivity contribution in [3.8, 4) is 11.6 Å². The van der Waals surface area contributed by atoms with Gasteiger partial charge < -0.3 is 20.1 Å². The minimum Gasteiger partial charge on any atom is -0.491 e. The van der Waals surface area contributed by atoms with Gasteiger partial charge >= 0.3 is 0 Å². The summed E-state index contributed by atoms with van der Waals surface area (Å²) in [7, 11) is 1.58. The monoisotopic (exact) mass is 331 g/mol. The molecule has 1 aromatic heterocycles. The number of rotatable bonds is 6. The number of anilines is 1. The Morgan fingerprint density at radius 1 is 1.26 bits per heavy atom. The van der Waals surface area contributed by atoms with Crippen LogP contribution in [-0.2, 0) is 0 Å². The molecule has 0 aliphatic carbocycles. The summed E-state index contributed by atoms with van der Waals surface area (Å²) in [6, 6.07) is 11.6. The number of nitrogens with zero attached hydrogens (tertiary/aromatic N) is 1. The molecule has 0 aliphatic rings. The fraction of sp³-hybridized carbons (Fsp3) is 0.294. The van der Waals surface area contributed by atoms with E-state index in [1.807, 2.05) is 44.2 Å². The fourth-order valence-corrected chi connectivity index (χ4v) is 2.26. The zero-order valence-electron chi connectivity index (χ0n) is 13.5. The number of methoxy groups -OCH3 is 1. The van der Waals surface area contributed by atoms with E-state index >= 15 is 0 Å². The molecule has 23 heavy (non-hydrogen) atoms. The Hall–Kier alpha value is -2.34. The molecule has 2 rings (SSSR count). The van der Waals surface area contributed by atoms with Crippen molar-refractivity contribution in [3.63, 3.8) is 0 Å². The molecule has 0 amide bonds. The minimum atomic E-state index is 0.0702. The van der Waals surface area contributed by atoms with Gasteiger partial charge in [-0.25, -0.2) is 4.98 Å². The highest BCUT2D eigenvalue weighted by Crippen LogP contribution is 2.16. The van der Waals surface area contributed by atoms with Gasteiger partial charge in [0, 0.05) is 6.07 Å². The third-order valence-electron chi connectivity index (χ3n) is 3.16. The Balaban J connectivity index is 1.79. The lowest BCUT2D eigenvalue weighted by atomic mass is 10.2. The third kappa shape index (κ3) is 5.41. The maximum absolute atomic E-state index is 5.80. The van der Waals surface area contributed by atoms with Gasteiger partial charge in [-0.2, -0.15) is 0 Å². The molecule has 0 bridgehead atoms. The fourth-order valence-electron chi connectivity index (χ4n) is 1.94. The third-order valence-corrected chi connectivity index (χ3v) is 3.38. The van der Waals surface area contributed by atoms with Crippen molar-refractivity contribution in [1.82, 2.24) is 10.3 Å². The Labute approximate surface area is 142 Å². The molecule has 0 saturated heterocycles. The maximum Gasteiger partial charge on any atom is 0.213 e. The van der Waals surface area contributed by atoms with Crippen LogP contribution >= 0.6 is 12.2 Å². The minimum absolute atomic E-state index is 0.0702. The van der Waals surface area contributed by atoms with Gasteiger partial charge in [-0.1, -0.05) is 18.2 Å². The molecule has 0 aliphatic heterocycles. The van der Waals surface area contributed by atoms with E-state index in [2.05, 4.69) is 15.6 Å². The van der Waals surface area contributed by atoms with E-state index in [0.717, 1.165) is 17.0 Å². The molecule has 0 unspecified atom stereocenters. The summed E-state index contributed by atoms with van der Waals surface area (Å²) in [6.07, 6.45) is 1.67. The lowest BCUT2D eigenvalue weighted by molar-refractivity contribution is 0.285. The first-order chi connectivity index (χ1) is 11.1. The molecular weight excluding hydrogens is 310 g/mol. The highest BCUT2D eigenvalue weighted by Gasteiger charge is 2.07. The van der Waals surface area contributed by atoms with Crippen molar-refractivity contribution in [2.75, 3.05) is 19.0 Å². The van der Waals surface area contributed by atoms with E-state index in [0.29, 0.717) is 17.6 Å². The molecular formula is C17H21N3O2S. The van der Waals surface area contributed by atoms with Gasteiger partial charge in [-0.3, -0.25) is 0 Å². The summed E-state index contributed by atoms with van der Waals surface area (Å²) in [5, 5.41) is 6.79. The summed E-state index contributed by atoms with van der Waals surface area (Å²) < 4.78 is 10.8. The number of hydrogen-bond donors (Lipinski definition) is 2. The number of pyridine rings is 1. The molecule has 0 saturated carbocycles. The van der Waals surface area contributed by atoms with Crippen molar-refractivity contribution >= 4 is 23.0 Å². The highest BCUT2D eigenvalue weighted by atomic mass is 32.1. The SMILES string of the molecule is COc1ccc(NC(=S)N[C@@H](C)COc2ccccc2C)cn1. The second kappa shape index (κ2) is 8.33. The van der Waals surface area contributed by atoms with Crippen LogP contribution in [0.3, 0.4) is 0 Å². The molecule has 1 aromatic carbocycles. The van der Waals surface area contributed by atoms with Crippen LogP contribution in [0.2, 0.25) is 0 Å². The molecule has 1 heterocycles. The molecule has 6 heteroatoms. The van der Waals surface area contributed by atoms with E-state index in [1.54, 1.807) is 19.4 Å². The zero-order chi connectivity index (χ0) is 16.7. The standard InChI is InChI=1S/C17H21N3O2S/c1-12-6-4-5-7-15(12)22-11-13(2)19-17(23)20-14-8-9-16(21-3)18-10-14/h4-10,13H,11H2,1-3H3,(H2,19,20,23)/t13-/m0/s1. The first-order valence-electron chi connectivity index (χ1n) is 7.34. The van der Waals surface area contributed by atoms with Crippen LogP contribution in [0.4, 0.5) is 5.69 Å². The van der Waals surface area contributed by atoms with Crippen molar-refractivity contribution in [1.29, 1.82) is 0 Å². The Kier molecular flexibility index (Phi) is 6.17. The maximum atomic E-state index is 5.80. The van der Waals surface area contributed by atoms with Crippen LogP contribution in [0.25, 0.3) is 0 Å². The Morgan fingerprint density at radius 3 is 2.70 bits per heavy atom. The number of hydrogen-bond acceptors (Lipinski definition) is 4. The molecule has 1 atom stereocenters. The van der Waals surface area contributed by atoms with Crippen molar-refractivity contribution in [3.05, 3.63) is 48.2 Å². The number of para-hydroxylation sites is 1. The summed E-state index contributed by atoms with van der Waals surface area (Å²) >= 11 is 5.29. The lowest BCUT2D eigenvalue weighted by Gasteiger charge is -2.18. The first-order valence-corrected chi connectivity index (χ1v) is 7.75. The molecule has 2 aromatic rings. The van der Waals surface area contributed by atoms with E-state index in [1.165, 1.54) is 0 Å². The van der Waals surface area contributed by atoms with E-state index in [-0.39, 0.29) is 6.04 Å². The molecule has 0 fully saturated rings. The number of aromatic nitrogens is 1. The van der Waals surface area contributed by atoms with Crippen LogP contribution in [0, 0.1) is 6.92 Å². The second-order valence-corrected chi connectivity index (χ2v) is 5.57. The van der Waals surface area contributed by atoms with Gasteiger partial charge in [0.15, 0.2) is 5.11 Å². The number of benzene rings is 1. The largest absolute Gasteiger partial charge is 0.491 e. The zero-order valence-corrected chi connectivity index (χ0v) is 14.3. The van der Waals surface area contributed by atoms with Gasteiger partial charge in [-0.05, 0) is 43.8 Å². The van der Waals surface area contributed by atoms with E-state index in [9.17, 15) is 0 Å². The Bertz CT molecular complexity index is 647. The van der Waals surface area contributed by atoms with Crippen molar-refractivity contribution in [2.24, 2.45) is 0 Å². The van der Waals surface area contributed by atoms with Crippen molar-refractivity contribution < 1.29 is 9.47 Å². The van der Waals surface area contributed by atoms with Crippen LogP contribution in [0.1, 0.15) is 12.5 Å². The average Bonchev–Trinajstić information content (AvgIpc) is 2.54. The molecule has 122 valence electrons. The average molecular weight is 331 g/mol. The number of nitrogens with one attached hydrogen (secondary N) is 2. The molecule has 2 N–H and O–H groups in total. The van der Waals surface area contributed by atoms with Gasteiger partial charge in [0.25, 0.3) is 0 Å². The first kappa shape index (κ1) is 17.0. The lowest BCUT2D eigenvalue weighted by Crippen LogP contribution is -2.39. The predicted molar refractivity (Wildman–Crippen MR) is 96.3 cm³/mol. The normalized spacial score (nSPS) is 11.4. The van der Waals surface area contributed by atoms with Crippen LogP contribution in [0.5, 0.6) is 11.6 Å². The number of thiocarbonyl (C=S) groups is 1. The molecule has 5 nitrogen and oxygen atoms in total. The molecule has 0 spiro atoms. The summed E-state index contributed by atoms with van der Waals surface area (Å²) in [6.45, 7) is 4.56. The van der Waals surface area contributed by atoms with Gasteiger partial charge in [0.1, 0.15) is 12.4 Å². The summed E-state index contributed by atoms with van der Waals surface area (Å²) in [5.41, 5.74) is 1.92. The van der Waals surface area contributed by atoms with Crippen LogP contribution in [0.15, 0.2) is 42.6 Å². The highest BCUT2D eigenvalue weighted by molar-refractivity contribution is 7.80. The summed E-state index contributed by atoms with van der Waals surface area (Å²) in [5.74, 6) is 1.45. The van der Waals surface area contributed by atoms with E-state index < -0.39 is 0 Å². The Morgan fingerprint density at radius 2 is 2.04 bits per heavy atom. The smallest absolute Gasteiger partial charge is 0.213 e. The number of ether oxygens (including phenoxy) is 2. The van der Waals surface area contributed by atoms with Crippen LogP contribution in [-0.4, -0.2) is 29.9 Å². The molecule has 0 radical (unpaired) electrons. The van der Waals surface area contributed by atoms with Crippen molar-refractivity contribution in [2.45, 2.75) is 19.9 Å². The quantitative estimate of drug-likeness (QED) is 0.793. The summed E-state index contributed by atoms with van der Waals surface area (Å²) in [4.78, 5) is 4.12. The second-order valence-electron chi connectivity index (χ2n) is 5.17. The topological polar surface area (TPSA) is 55.4 Å².